The Labute approximate surface area is 180 Å². The lowest BCUT2D eigenvalue weighted by molar-refractivity contribution is -0.119. The molecule has 1 atom stereocenters. The second-order valence-corrected chi connectivity index (χ2v) is 8.33. The van der Waals surface area contributed by atoms with Gasteiger partial charge < -0.3 is 10.1 Å². The Bertz CT molecular complexity index is 1020. The number of aryl methyl sites for hydroxylation is 2. The number of fused-ring (bicyclic) bond motifs is 1. The van der Waals surface area contributed by atoms with E-state index in [1.165, 1.54) is 35.7 Å². The molecule has 0 fully saturated rings. The van der Waals surface area contributed by atoms with Crippen molar-refractivity contribution >= 4 is 17.7 Å². The number of rotatable bonds is 7. The summed E-state index contributed by atoms with van der Waals surface area (Å²) in [6, 6.07) is 14.0. The summed E-state index contributed by atoms with van der Waals surface area (Å²) in [7, 11) is 1.62. The van der Waals surface area contributed by atoms with Crippen LogP contribution in [0.2, 0.25) is 0 Å². The average Bonchev–Trinajstić information content (AvgIpc) is 3.26. The van der Waals surface area contributed by atoms with Crippen molar-refractivity contribution in [2.24, 2.45) is 0 Å². The molecule has 1 aliphatic rings. The molecule has 156 valence electrons. The molecule has 1 amide bonds. The zero-order valence-electron chi connectivity index (χ0n) is 17.2. The van der Waals surface area contributed by atoms with Gasteiger partial charge in [-0.1, -0.05) is 30.0 Å². The average molecular weight is 424 g/mol. The van der Waals surface area contributed by atoms with Crippen LogP contribution in [0.4, 0.5) is 0 Å². The fourth-order valence-electron chi connectivity index (χ4n) is 3.67. The Morgan fingerprint density at radius 3 is 2.70 bits per heavy atom. The molecule has 0 aliphatic heterocycles. The summed E-state index contributed by atoms with van der Waals surface area (Å²) in [6.45, 7) is 2.02. The topological polar surface area (TPSA) is 81.9 Å². The van der Waals surface area contributed by atoms with Crippen LogP contribution in [0.1, 0.15) is 42.5 Å². The first kappa shape index (κ1) is 20.4. The van der Waals surface area contributed by atoms with Crippen LogP contribution in [-0.2, 0) is 17.6 Å². The largest absolute Gasteiger partial charge is 0.497 e. The molecular formula is C22H25N5O2S. The van der Waals surface area contributed by atoms with Gasteiger partial charge in [-0.3, -0.25) is 4.79 Å². The summed E-state index contributed by atoms with van der Waals surface area (Å²) in [5, 5.41) is 15.5. The van der Waals surface area contributed by atoms with Gasteiger partial charge >= 0.3 is 0 Å². The second kappa shape index (κ2) is 9.30. The molecule has 2 aromatic carbocycles. The zero-order chi connectivity index (χ0) is 20.9. The first-order chi connectivity index (χ1) is 14.6. The SMILES string of the molecule is COc1ccc(-n2nnnc2SCC(=O)NC(C)c2ccc3c(c2)CCCC3)cc1. The Morgan fingerprint density at radius 1 is 1.17 bits per heavy atom. The van der Waals surface area contributed by atoms with Gasteiger partial charge in [0.1, 0.15) is 5.75 Å². The summed E-state index contributed by atoms with van der Waals surface area (Å²) in [5.74, 6) is 0.956. The molecule has 1 aliphatic carbocycles. The van der Waals surface area contributed by atoms with Crippen LogP contribution in [0.3, 0.4) is 0 Å². The maximum Gasteiger partial charge on any atom is 0.230 e. The molecule has 0 saturated heterocycles. The highest BCUT2D eigenvalue weighted by molar-refractivity contribution is 7.99. The Morgan fingerprint density at radius 2 is 1.93 bits per heavy atom. The minimum atomic E-state index is -0.0468. The molecule has 30 heavy (non-hydrogen) atoms. The number of ether oxygens (including phenoxy) is 1. The van der Waals surface area contributed by atoms with Crippen LogP contribution >= 0.6 is 11.8 Å². The van der Waals surface area contributed by atoms with Gasteiger partial charge in [-0.2, -0.15) is 4.68 Å². The van der Waals surface area contributed by atoms with Crippen molar-refractivity contribution in [3.05, 3.63) is 59.2 Å². The smallest absolute Gasteiger partial charge is 0.230 e. The lowest BCUT2D eigenvalue weighted by Crippen LogP contribution is -2.28. The fraction of sp³-hybridized carbons (Fsp3) is 0.364. The lowest BCUT2D eigenvalue weighted by Gasteiger charge is -2.20. The van der Waals surface area contributed by atoms with Crippen molar-refractivity contribution in [1.82, 2.24) is 25.5 Å². The van der Waals surface area contributed by atoms with Gasteiger partial charge in [0, 0.05) is 0 Å². The van der Waals surface area contributed by atoms with E-state index < -0.39 is 0 Å². The molecule has 3 aromatic rings. The summed E-state index contributed by atoms with van der Waals surface area (Å²) >= 11 is 1.31. The van der Waals surface area contributed by atoms with Gasteiger partial charge in [-0.05, 0) is 84.0 Å². The second-order valence-electron chi connectivity index (χ2n) is 7.38. The van der Waals surface area contributed by atoms with Crippen LogP contribution in [0, 0.1) is 0 Å². The highest BCUT2D eigenvalue weighted by Crippen LogP contribution is 2.25. The monoisotopic (exact) mass is 423 g/mol. The van der Waals surface area contributed by atoms with Gasteiger partial charge in [0.25, 0.3) is 0 Å². The van der Waals surface area contributed by atoms with E-state index in [1.807, 2.05) is 31.2 Å². The number of aromatic nitrogens is 4. The predicted octanol–water partition coefficient (Wildman–Crippen LogP) is 3.52. The first-order valence-corrected chi connectivity index (χ1v) is 11.1. The van der Waals surface area contributed by atoms with E-state index in [0.29, 0.717) is 5.16 Å². The standard InChI is InChI=1S/C22H25N5O2S/c1-15(17-8-7-16-5-3-4-6-18(16)13-17)23-21(28)14-30-22-24-25-26-27(22)19-9-11-20(29-2)12-10-19/h7-13,15H,3-6,14H2,1-2H3,(H,23,28). The quantitative estimate of drug-likeness (QED) is 0.586. The predicted molar refractivity (Wildman–Crippen MR) is 116 cm³/mol. The lowest BCUT2D eigenvalue weighted by atomic mass is 9.89. The molecular weight excluding hydrogens is 398 g/mol. The number of thioether (sulfide) groups is 1. The van der Waals surface area contributed by atoms with Crippen LogP contribution in [0.5, 0.6) is 5.75 Å². The minimum Gasteiger partial charge on any atom is -0.497 e. The van der Waals surface area contributed by atoms with Gasteiger partial charge in [-0.25, -0.2) is 0 Å². The number of hydrogen-bond acceptors (Lipinski definition) is 6. The van der Waals surface area contributed by atoms with E-state index in [0.717, 1.165) is 29.8 Å². The molecule has 1 N–H and O–H groups in total. The molecule has 4 rings (SSSR count). The van der Waals surface area contributed by atoms with Crippen molar-refractivity contribution in [2.75, 3.05) is 12.9 Å². The van der Waals surface area contributed by atoms with Crippen LogP contribution in [0.15, 0.2) is 47.6 Å². The molecule has 0 radical (unpaired) electrons. The molecule has 1 unspecified atom stereocenters. The number of tetrazole rings is 1. The normalized spacial score (nSPS) is 14.1. The number of methoxy groups -OCH3 is 1. The minimum absolute atomic E-state index is 0.0390. The maximum absolute atomic E-state index is 12.5. The molecule has 1 aromatic heterocycles. The molecule has 0 saturated carbocycles. The Hall–Kier alpha value is -2.87. The van der Waals surface area contributed by atoms with Crippen LogP contribution in [0.25, 0.3) is 5.69 Å². The number of hydrogen-bond donors (Lipinski definition) is 1. The van der Waals surface area contributed by atoms with Gasteiger partial charge in [0.05, 0.1) is 24.6 Å². The maximum atomic E-state index is 12.5. The summed E-state index contributed by atoms with van der Waals surface area (Å²) in [4.78, 5) is 12.5. The Kier molecular flexibility index (Phi) is 6.32. The molecule has 7 nitrogen and oxygen atoms in total. The highest BCUT2D eigenvalue weighted by Gasteiger charge is 2.16. The number of carbonyl (C=O) groups excluding carboxylic acids is 1. The summed E-state index contributed by atoms with van der Waals surface area (Å²) in [6.07, 6.45) is 4.81. The van der Waals surface area contributed by atoms with E-state index in [4.69, 9.17) is 4.74 Å². The Balaban J connectivity index is 1.35. The van der Waals surface area contributed by atoms with E-state index >= 15 is 0 Å². The molecule has 8 heteroatoms. The first-order valence-electron chi connectivity index (χ1n) is 10.1. The highest BCUT2D eigenvalue weighted by atomic mass is 32.2. The molecule has 0 bridgehead atoms. The number of nitrogens with one attached hydrogen (secondary N) is 1. The molecule has 1 heterocycles. The van der Waals surface area contributed by atoms with E-state index in [1.54, 1.807) is 11.8 Å². The van der Waals surface area contributed by atoms with Crippen LogP contribution < -0.4 is 10.1 Å². The van der Waals surface area contributed by atoms with Crippen LogP contribution in [-0.4, -0.2) is 39.0 Å². The fourth-order valence-corrected chi connectivity index (χ4v) is 4.38. The van der Waals surface area contributed by atoms with Gasteiger partial charge in [0.2, 0.25) is 11.1 Å². The third-order valence-electron chi connectivity index (χ3n) is 5.34. The van der Waals surface area contributed by atoms with Gasteiger partial charge in [0.15, 0.2) is 0 Å². The zero-order valence-corrected chi connectivity index (χ0v) is 18.0. The van der Waals surface area contributed by atoms with Crippen molar-refractivity contribution in [1.29, 1.82) is 0 Å². The number of nitrogens with zero attached hydrogens (tertiary/aromatic N) is 4. The third-order valence-corrected chi connectivity index (χ3v) is 6.26. The number of benzene rings is 2. The van der Waals surface area contributed by atoms with Gasteiger partial charge in [-0.15, -0.1) is 5.10 Å². The number of carbonyl (C=O) groups is 1. The van der Waals surface area contributed by atoms with Crippen molar-refractivity contribution < 1.29 is 9.53 Å². The summed E-state index contributed by atoms with van der Waals surface area (Å²) < 4.78 is 6.80. The van der Waals surface area contributed by atoms with Crippen molar-refractivity contribution in [3.63, 3.8) is 0 Å². The van der Waals surface area contributed by atoms with Crippen molar-refractivity contribution in [2.45, 2.75) is 43.8 Å². The number of amides is 1. The van der Waals surface area contributed by atoms with E-state index in [-0.39, 0.29) is 17.7 Å². The third kappa shape index (κ3) is 4.64. The summed E-state index contributed by atoms with van der Waals surface area (Å²) in [5.41, 5.74) is 4.83. The van der Waals surface area contributed by atoms with E-state index in [9.17, 15) is 4.79 Å². The van der Waals surface area contributed by atoms with E-state index in [2.05, 4.69) is 39.0 Å². The van der Waals surface area contributed by atoms with Crippen molar-refractivity contribution in [3.8, 4) is 11.4 Å². The molecule has 0 spiro atoms.